The van der Waals surface area contributed by atoms with E-state index in [9.17, 15) is 9.59 Å². The molecule has 6 nitrogen and oxygen atoms in total. The molecule has 110 valence electrons. The third-order valence-electron chi connectivity index (χ3n) is 3.43. The van der Waals surface area contributed by atoms with Crippen LogP contribution in [0.4, 0.5) is 4.79 Å². The highest BCUT2D eigenvalue weighted by Crippen LogP contribution is 2.23. The Bertz CT molecular complexity index is 444. The van der Waals surface area contributed by atoms with Crippen molar-refractivity contribution in [1.29, 1.82) is 0 Å². The molecule has 1 aliphatic carbocycles. The number of carboxylic acid groups (broad SMARTS) is 1. The zero-order chi connectivity index (χ0) is 14.4. The SMILES string of the molecule is O=C(O)CN(C(=O)NCCc1nccs1)C1CCCC1. The van der Waals surface area contributed by atoms with Gasteiger partial charge in [-0.2, -0.15) is 0 Å². The first-order valence-corrected chi connectivity index (χ1v) is 7.69. The van der Waals surface area contributed by atoms with Gasteiger partial charge in [0.2, 0.25) is 0 Å². The Morgan fingerprint density at radius 1 is 1.45 bits per heavy atom. The summed E-state index contributed by atoms with van der Waals surface area (Å²) < 4.78 is 0. The lowest BCUT2D eigenvalue weighted by Gasteiger charge is -2.27. The van der Waals surface area contributed by atoms with E-state index in [1.54, 1.807) is 17.5 Å². The maximum atomic E-state index is 12.1. The molecule has 0 radical (unpaired) electrons. The second kappa shape index (κ2) is 7.23. The average Bonchev–Trinajstić information content (AvgIpc) is 3.08. The van der Waals surface area contributed by atoms with Gasteiger partial charge in [-0.05, 0) is 12.8 Å². The molecule has 0 unspecified atom stereocenters. The van der Waals surface area contributed by atoms with Gasteiger partial charge < -0.3 is 15.3 Å². The average molecular weight is 297 g/mol. The molecule has 20 heavy (non-hydrogen) atoms. The number of hydrogen-bond donors (Lipinski definition) is 2. The summed E-state index contributed by atoms with van der Waals surface area (Å²) in [5.41, 5.74) is 0. The number of carbonyl (C=O) groups is 2. The molecular formula is C13H19N3O3S. The molecular weight excluding hydrogens is 278 g/mol. The molecule has 1 aromatic heterocycles. The molecule has 7 heteroatoms. The van der Waals surface area contributed by atoms with E-state index in [0.717, 1.165) is 30.7 Å². The number of carbonyl (C=O) groups excluding carboxylic acids is 1. The molecule has 2 rings (SSSR count). The number of amides is 2. The predicted molar refractivity (Wildman–Crippen MR) is 75.8 cm³/mol. The Balaban J connectivity index is 1.83. The molecule has 1 aliphatic rings. The van der Waals surface area contributed by atoms with Gasteiger partial charge in [-0.25, -0.2) is 9.78 Å². The van der Waals surface area contributed by atoms with Gasteiger partial charge in [-0.1, -0.05) is 12.8 Å². The zero-order valence-electron chi connectivity index (χ0n) is 11.2. The highest BCUT2D eigenvalue weighted by atomic mass is 32.1. The van der Waals surface area contributed by atoms with Crippen molar-refractivity contribution in [3.05, 3.63) is 16.6 Å². The van der Waals surface area contributed by atoms with Crippen LogP contribution in [-0.2, 0) is 11.2 Å². The normalized spacial score (nSPS) is 15.2. The van der Waals surface area contributed by atoms with Crippen LogP contribution in [0.2, 0.25) is 0 Å². The van der Waals surface area contributed by atoms with Crippen LogP contribution in [-0.4, -0.2) is 46.1 Å². The van der Waals surface area contributed by atoms with Gasteiger partial charge in [0.05, 0.1) is 5.01 Å². The van der Waals surface area contributed by atoms with Crippen LogP contribution in [0.3, 0.4) is 0 Å². The van der Waals surface area contributed by atoms with Crippen molar-refractivity contribution in [2.75, 3.05) is 13.1 Å². The summed E-state index contributed by atoms with van der Waals surface area (Å²) in [4.78, 5) is 28.6. The number of carboxylic acids is 1. The Hall–Kier alpha value is -1.63. The van der Waals surface area contributed by atoms with Crippen LogP contribution in [0.5, 0.6) is 0 Å². The van der Waals surface area contributed by atoms with Crippen molar-refractivity contribution in [2.45, 2.75) is 38.1 Å². The lowest BCUT2D eigenvalue weighted by molar-refractivity contribution is -0.138. The quantitative estimate of drug-likeness (QED) is 0.837. The molecule has 0 aliphatic heterocycles. The van der Waals surface area contributed by atoms with Crippen LogP contribution < -0.4 is 5.32 Å². The maximum absolute atomic E-state index is 12.1. The van der Waals surface area contributed by atoms with Crippen molar-refractivity contribution >= 4 is 23.3 Å². The summed E-state index contributed by atoms with van der Waals surface area (Å²) in [5, 5.41) is 14.6. The van der Waals surface area contributed by atoms with Gasteiger partial charge in [0.1, 0.15) is 6.54 Å². The van der Waals surface area contributed by atoms with Crippen molar-refractivity contribution in [3.8, 4) is 0 Å². The number of thiazole rings is 1. The molecule has 0 bridgehead atoms. The molecule has 1 saturated carbocycles. The molecule has 0 saturated heterocycles. The minimum absolute atomic E-state index is 0.0611. The van der Waals surface area contributed by atoms with Crippen molar-refractivity contribution < 1.29 is 14.7 Å². The van der Waals surface area contributed by atoms with Crippen LogP contribution in [0.1, 0.15) is 30.7 Å². The number of urea groups is 1. The highest BCUT2D eigenvalue weighted by Gasteiger charge is 2.28. The molecule has 2 N–H and O–H groups in total. The lowest BCUT2D eigenvalue weighted by atomic mass is 10.2. The van der Waals surface area contributed by atoms with E-state index in [1.165, 1.54) is 4.90 Å². The monoisotopic (exact) mass is 297 g/mol. The number of nitrogens with zero attached hydrogens (tertiary/aromatic N) is 2. The standard InChI is InChI=1S/C13H19N3O3S/c17-12(18)9-16(10-3-1-2-4-10)13(19)15-6-5-11-14-7-8-20-11/h7-8,10H,1-6,9H2,(H,15,19)(H,17,18). The van der Waals surface area contributed by atoms with E-state index in [-0.39, 0.29) is 18.6 Å². The van der Waals surface area contributed by atoms with Crippen molar-refractivity contribution in [3.63, 3.8) is 0 Å². The molecule has 1 heterocycles. The van der Waals surface area contributed by atoms with Crippen molar-refractivity contribution in [1.82, 2.24) is 15.2 Å². The minimum Gasteiger partial charge on any atom is -0.480 e. The number of aromatic nitrogens is 1. The van der Waals surface area contributed by atoms with Gasteiger partial charge in [0.25, 0.3) is 0 Å². The molecule has 0 atom stereocenters. The molecule has 2 amide bonds. The fourth-order valence-corrected chi connectivity index (χ4v) is 3.10. The minimum atomic E-state index is -0.966. The summed E-state index contributed by atoms with van der Waals surface area (Å²) in [6, 6.07) is -0.221. The number of nitrogens with one attached hydrogen (secondary N) is 1. The Morgan fingerprint density at radius 2 is 2.20 bits per heavy atom. The summed E-state index contributed by atoms with van der Waals surface area (Å²) in [6.07, 6.45) is 6.33. The van der Waals surface area contributed by atoms with E-state index in [1.807, 2.05) is 5.38 Å². The second-order valence-corrected chi connectivity index (χ2v) is 5.85. The van der Waals surface area contributed by atoms with Crippen LogP contribution in [0.25, 0.3) is 0 Å². The summed E-state index contributed by atoms with van der Waals surface area (Å²) in [7, 11) is 0. The van der Waals surface area contributed by atoms with Gasteiger partial charge in [0.15, 0.2) is 0 Å². The van der Waals surface area contributed by atoms with E-state index in [4.69, 9.17) is 5.11 Å². The fraction of sp³-hybridized carbons (Fsp3) is 0.615. The van der Waals surface area contributed by atoms with Gasteiger partial charge in [-0.3, -0.25) is 4.79 Å². The zero-order valence-corrected chi connectivity index (χ0v) is 12.1. The van der Waals surface area contributed by atoms with Crippen molar-refractivity contribution in [2.24, 2.45) is 0 Å². The first-order chi connectivity index (χ1) is 9.66. The van der Waals surface area contributed by atoms with E-state index in [0.29, 0.717) is 13.0 Å². The Labute approximate surface area is 121 Å². The number of aliphatic carboxylic acids is 1. The number of rotatable bonds is 6. The first-order valence-electron chi connectivity index (χ1n) is 6.81. The van der Waals surface area contributed by atoms with Crippen LogP contribution in [0, 0.1) is 0 Å². The van der Waals surface area contributed by atoms with E-state index >= 15 is 0 Å². The van der Waals surface area contributed by atoms with Crippen LogP contribution >= 0.6 is 11.3 Å². The first kappa shape index (κ1) is 14.8. The largest absolute Gasteiger partial charge is 0.480 e. The summed E-state index contributed by atoms with van der Waals surface area (Å²) in [6.45, 7) is 0.253. The maximum Gasteiger partial charge on any atom is 0.323 e. The van der Waals surface area contributed by atoms with E-state index in [2.05, 4.69) is 10.3 Å². The topological polar surface area (TPSA) is 82.5 Å². The molecule has 1 fully saturated rings. The second-order valence-electron chi connectivity index (χ2n) is 4.87. The van der Waals surface area contributed by atoms with Gasteiger partial charge in [0, 0.05) is 30.6 Å². The smallest absolute Gasteiger partial charge is 0.323 e. The molecule has 0 aromatic carbocycles. The van der Waals surface area contributed by atoms with E-state index < -0.39 is 5.97 Å². The summed E-state index contributed by atoms with van der Waals surface area (Å²) >= 11 is 1.55. The Kier molecular flexibility index (Phi) is 5.34. The van der Waals surface area contributed by atoms with Crippen LogP contribution in [0.15, 0.2) is 11.6 Å². The molecule has 0 spiro atoms. The number of hydrogen-bond acceptors (Lipinski definition) is 4. The fourth-order valence-electron chi connectivity index (χ4n) is 2.48. The predicted octanol–water partition coefficient (Wildman–Crippen LogP) is 1.72. The third-order valence-corrected chi connectivity index (χ3v) is 4.27. The molecule has 1 aromatic rings. The highest BCUT2D eigenvalue weighted by molar-refractivity contribution is 7.09. The van der Waals surface area contributed by atoms with Gasteiger partial charge in [-0.15, -0.1) is 11.3 Å². The third kappa shape index (κ3) is 4.19. The summed E-state index contributed by atoms with van der Waals surface area (Å²) in [5.74, 6) is -0.966. The lowest BCUT2D eigenvalue weighted by Crippen LogP contribution is -2.48. The Morgan fingerprint density at radius 3 is 2.80 bits per heavy atom. The van der Waals surface area contributed by atoms with Gasteiger partial charge >= 0.3 is 12.0 Å².